The first-order chi connectivity index (χ1) is 18.4. The zero-order valence-electron chi connectivity index (χ0n) is 21.3. The van der Waals surface area contributed by atoms with Crippen molar-refractivity contribution in [1.29, 1.82) is 0 Å². The maximum absolute atomic E-state index is 12.9. The molecule has 1 atom stereocenters. The number of piperidine rings is 1. The number of Topliss-reactive ketones (excluding diaryl/α,β-unsaturated/α-hetero) is 1. The second-order valence-electron chi connectivity index (χ2n) is 10.2. The van der Waals surface area contributed by atoms with E-state index in [0.29, 0.717) is 42.8 Å². The van der Waals surface area contributed by atoms with Crippen LogP contribution in [0, 0.1) is 0 Å². The molecule has 8 nitrogen and oxygen atoms in total. The highest BCUT2D eigenvalue weighted by molar-refractivity contribution is 6.31. The monoisotopic (exact) mass is 537 g/mol. The molecule has 0 radical (unpaired) electrons. The number of nitrogens with one attached hydrogen (secondary N) is 1. The van der Waals surface area contributed by atoms with Gasteiger partial charge in [0.15, 0.2) is 0 Å². The van der Waals surface area contributed by atoms with Gasteiger partial charge in [0.1, 0.15) is 11.8 Å². The van der Waals surface area contributed by atoms with Crippen LogP contribution in [0.3, 0.4) is 0 Å². The lowest BCUT2D eigenvalue weighted by Gasteiger charge is -2.29. The van der Waals surface area contributed by atoms with E-state index in [-0.39, 0.29) is 24.0 Å². The maximum Gasteiger partial charge on any atom is 0.255 e. The number of aryl methyl sites for hydroxylation is 1. The first-order valence-electron chi connectivity index (χ1n) is 13.2. The lowest BCUT2D eigenvalue weighted by molar-refractivity contribution is -0.137. The van der Waals surface area contributed by atoms with E-state index in [1.807, 2.05) is 30.3 Å². The normalized spacial score (nSPS) is 20.0. The van der Waals surface area contributed by atoms with Crippen molar-refractivity contribution in [3.63, 3.8) is 0 Å². The van der Waals surface area contributed by atoms with Gasteiger partial charge in [-0.15, -0.1) is 0 Å². The molecule has 0 spiro atoms. The lowest BCUT2D eigenvalue weighted by Crippen LogP contribution is -2.52. The molecule has 0 aromatic heterocycles. The molecule has 1 unspecified atom stereocenters. The van der Waals surface area contributed by atoms with E-state index in [9.17, 15) is 19.2 Å². The van der Waals surface area contributed by atoms with Crippen LogP contribution in [-0.2, 0) is 44.9 Å². The molecule has 0 aliphatic carbocycles. The first kappa shape index (κ1) is 26.5. The summed E-state index contributed by atoms with van der Waals surface area (Å²) in [5, 5.41) is 3.02. The number of imide groups is 1. The highest BCUT2D eigenvalue weighted by Gasteiger charge is 2.39. The van der Waals surface area contributed by atoms with Crippen molar-refractivity contribution < 1.29 is 23.9 Å². The van der Waals surface area contributed by atoms with Crippen molar-refractivity contribution >= 4 is 35.1 Å². The summed E-state index contributed by atoms with van der Waals surface area (Å²) in [6.45, 7) is 4.72. The van der Waals surface area contributed by atoms with Crippen LogP contribution in [-0.4, -0.2) is 72.2 Å². The molecular weight excluding hydrogens is 506 g/mol. The molecule has 3 heterocycles. The Hall–Kier alpha value is -3.07. The van der Waals surface area contributed by atoms with Gasteiger partial charge in [-0.05, 0) is 53.6 Å². The van der Waals surface area contributed by atoms with Crippen molar-refractivity contribution in [3.05, 3.63) is 69.2 Å². The van der Waals surface area contributed by atoms with Crippen molar-refractivity contribution in [1.82, 2.24) is 15.1 Å². The van der Waals surface area contributed by atoms with Crippen LogP contribution in [0.2, 0.25) is 5.02 Å². The third kappa shape index (κ3) is 6.14. The zero-order valence-corrected chi connectivity index (χ0v) is 22.1. The van der Waals surface area contributed by atoms with Gasteiger partial charge < -0.3 is 9.64 Å². The van der Waals surface area contributed by atoms with E-state index in [2.05, 4.69) is 10.2 Å². The molecular formula is C29H32ClN3O5. The van der Waals surface area contributed by atoms with Crippen LogP contribution in [0.5, 0.6) is 0 Å². The molecule has 2 aromatic rings. The van der Waals surface area contributed by atoms with Crippen LogP contribution in [0.1, 0.15) is 51.9 Å². The Morgan fingerprint density at radius 1 is 1.03 bits per heavy atom. The average Bonchev–Trinajstić information content (AvgIpc) is 3.23. The predicted molar refractivity (Wildman–Crippen MR) is 142 cm³/mol. The van der Waals surface area contributed by atoms with Gasteiger partial charge in [0, 0.05) is 56.0 Å². The average molecular weight is 538 g/mol. The summed E-state index contributed by atoms with van der Waals surface area (Å²) in [6, 6.07) is 10.9. The number of ether oxygens (including phenoxy) is 1. The van der Waals surface area contributed by atoms with Crippen LogP contribution in [0.4, 0.5) is 0 Å². The molecule has 2 fully saturated rings. The van der Waals surface area contributed by atoms with Gasteiger partial charge in [-0.3, -0.25) is 29.4 Å². The first-order valence-corrected chi connectivity index (χ1v) is 13.6. The number of halogens is 1. The smallest absolute Gasteiger partial charge is 0.255 e. The minimum atomic E-state index is -0.629. The second-order valence-corrected chi connectivity index (χ2v) is 10.6. The largest absolute Gasteiger partial charge is 0.379 e. The van der Waals surface area contributed by atoms with Gasteiger partial charge in [-0.2, -0.15) is 0 Å². The fourth-order valence-corrected chi connectivity index (χ4v) is 5.69. The van der Waals surface area contributed by atoms with E-state index >= 15 is 0 Å². The van der Waals surface area contributed by atoms with Crippen molar-refractivity contribution in [2.24, 2.45) is 0 Å². The van der Waals surface area contributed by atoms with Crippen LogP contribution in [0.15, 0.2) is 36.4 Å². The number of morpholine rings is 1. The van der Waals surface area contributed by atoms with Gasteiger partial charge in [-0.25, -0.2) is 0 Å². The van der Waals surface area contributed by atoms with Crippen molar-refractivity contribution in [3.8, 4) is 0 Å². The van der Waals surface area contributed by atoms with Crippen molar-refractivity contribution in [2.45, 2.75) is 51.1 Å². The van der Waals surface area contributed by atoms with Crippen LogP contribution >= 0.6 is 11.6 Å². The molecule has 3 aliphatic heterocycles. The molecule has 2 saturated heterocycles. The van der Waals surface area contributed by atoms with E-state index < -0.39 is 11.9 Å². The number of hydrogen-bond acceptors (Lipinski definition) is 6. The Morgan fingerprint density at radius 3 is 2.58 bits per heavy atom. The summed E-state index contributed by atoms with van der Waals surface area (Å²) in [6.07, 6.45) is 2.73. The zero-order chi connectivity index (χ0) is 26.6. The highest BCUT2D eigenvalue weighted by atomic mass is 35.5. The third-order valence-electron chi connectivity index (χ3n) is 7.60. The van der Waals surface area contributed by atoms with Gasteiger partial charge in [0.05, 0.1) is 13.2 Å². The summed E-state index contributed by atoms with van der Waals surface area (Å²) in [4.78, 5) is 53.2. The third-order valence-corrected chi connectivity index (χ3v) is 7.95. The highest BCUT2D eigenvalue weighted by Crippen LogP contribution is 2.28. The fourth-order valence-electron chi connectivity index (χ4n) is 5.39. The quantitative estimate of drug-likeness (QED) is 0.494. The molecule has 2 aromatic carbocycles. The van der Waals surface area contributed by atoms with E-state index in [0.717, 1.165) is 61.5 Å². The number of hydrogen-bond donors (Lipinski definition) is 1. The Balaban J connectivity index is 1.12. The number of rotatable bonds is 9. The Morgan fingerprint density at radius 2 is 1.82 bits per heavy atom. The summed E-state index contributed by atoms with van der Waals surface area (Å²) < 4.78 is 5.40. The molecule has 0 bridgehead atoms. The molecule has 1 N–H and O–H groups in total. The number of ketones is 1. The predicted octanol–water partition coefficient (Wildman–Crippen LogP) is 2.72. The van der Waals surface area contributed by atoms with Gasteiger partial charge >= 0.3 is 0 Å². The van der Waals surface area contributed by atoms with E-state index in [1.54, 1.807) is 6.07 Å². The number of nitrogens with zero attached hydrogens (tertiary/aromatic N) is 2. The Labute approximate surface area is 227 Å². The SMILES string of the molecule is O=C(CCc1ccc2c(c1)CN(C1CCC(=O)NC1=O)C2=O)Cc1ccc(CCN2CCOCC2)c(Cl)c1. The Bertz CT molecular complexity index is 1260. The maximum atomic E-state index is 12.9. The molecule has 3 aliphatic rings. The van der Waals surface area contributed by atoms with Crippen molar-refractivity contribution in [2.75, 3.05) is 32.8 Å². The van der Waals surface area contributed by atoms with Gasteiger partial charge in [0.2, 0.25) is 11.8 Å². The number of fused-ring (bicyclic) bond motifs is 1. The number of carbonyl (C=O) groups excluding carboxylic acids is 4. The lowest BCUT2D eigenvalue weighted by atomic mass is 9.99. The molecule has 5 rings (SSSR count). The van der Waals surface area contributed by atoms with Gasteiger partial charge in [0.25, 0.3) is 5.91 Å². The summed E-state index contributed by atoms with van der Waals surface area (Å²) >= 11 is 6.53. The number of benzene rings is 2. The molecule has 200 valence electrons. The van der Waals surface area contributed by atoms with Crippen LogP contribution < -0.4 is 5.32 Å². The number of carbonyl (C=O) groups is 4. The summed E-state index contributed by atoms with van der Waals surface area (Å²) in [5.41, 5.74) is 4.41. The molecule has 0 saturated carbocycles. The van der Waals surface area contributed by atoms with Gasteiger partial charge in [-0.1, -0.05) is 35.9 Å². The Kier molecular flexibility index (Phi) is 8.21. The second kappa shape index (κ2) is 11.8. The minimum Gasteiger partial charge on any atom is -0.379 e. The molecule has 3 amide bonds. The molecule has 38 heavy (non-hydrogen) atoms. The van der Waals surface area contributed by atoms with Crippen LogP contribution in [0.25, 0.3) is 0 Å². The number of amides is 3. The topological polar surface area (TPSA) is 96.0 Å². The van der Waals surface area contributed by atoms with E-state index in [1.165, 1.54) is 4.90 Å². The minimum absolute atomic E-state index is 0.129. The summed E-state index contributed by atoms with van der Waals surface area (Å²) in [7, 11) is 0. The molecule has 9 heteroatoms. The summed E-state index contributed by atoms with van der Waals surface area (Å²) in [5.74, 6) is -0.783. The van der Waals surface area contributed by atoms with E-state index in [4.69, 9.17) is 16.3 Å². The fraction of sp³-hybridized carbons (Fsp3) is 0.448. The standard InChI is InChI=1S/C29H32ClN3O5/c30-25-17-20(1-4-21(25)9-10-32-11-13-38-14-12-32)16-23(34)5-2-19-3-6-24-22(15-19)18-33(29(24)37)26-7-8-27(35)31-28(26)36/h1,3-4,6,15,17,26H,2,5,7-14,16,18H2,(H,31,35,36).